The zero-order valence-corrected chi connectivity index (χ0v) is 13.0. The topological polar surface area (TPSA) is 104 Å². The second kappa shape index (κ2) is 6.08. The number of nitrogen functional groups attached to an aromatic ring is 1. The molecule has 0 saturated carbocycles. The summed E-state index contributed by atoms with van der Waals surface area (Å²) in [6.45, 7) is 5.96. The molecule has 0 amide bonds. The van der Waals surface area contributed by atoms with Crippen molar-refractivity contribution >= 4 is 18.2 Å². The van der Waals surface area contributed by atoms with E-state index in [9.17, 15) is 4.79 Å². The second-order valence-electron chi connectivity index (χ2n) is 4.56. The SMILES string of the molecule is CCOC(=O)CCc1c(C)nn(-c2n[nH]c(=S)n2N)c1C. The molecule has 2 aromatic heterocycles. The lowest BCUT2D eigenvalue weighted by Gasteiger charge is -2.04. The van der Waals surface area contributed by atoms with Crippen LogP contribution >= 0.6 is 12.2 Å². The molecule has 0 aliphatic rings. The van der Waals surface area contributed by atoms with Crippen LogP contribution in [0, 0.1) is 18.6 Å². The first-order valence-electron chi connectivity index (χ1n) is 6.59. The number of ether oxygens (including phenoxy) is 1. The van der Waals surface area contributed by atoms with Gasteiger partial charge in [0.05, 0.1) is 12.3 Å². The molecule has 3 N–H and O–H groups in total. The molecule has 0 aromatic carbocycles. The van der Waals surface area contributed by atoms with Crippen LogP contribution in [0.4, 0.5) is 0 Å². The summed E-state index contributed by atoms with van der Waals surface area (Å²) in [6.07, 6.45) is 0.878. The number of nitrogens with two attached hydrogens (primary N) is 1. The second-order valence-corrected chi connectivity index (χ2v) is 4.95. The standard InChI is InChI=1S/C12H18N6O2S/c1-4-20-10(19)6-5-9-7(2)16-18(8(9)3)11-14-15-12(21)17(11)13/h4-6,13H2,1-3H3,(H,15,21). The predicted molar refractivity (Wildman–Crippen MR) is 79.1 cm³/mol. The predicted octanol–water partition coefficient (Wildman–Crippen LogP) is 0.953. The van der Waals surface area contributed by atoms with E-state index in [-0.39, 0.29) is 5.97 Å². The molecule has 0 aliphatic heterocycles. The number of H-pyrrole nitrogens is 1. The number of carbonyl (C=O) groups is 1. The molecule has 0 unspecified atom stereocenters. The van der Waals surface area contributed by atoms with Gasteiger partial charge in [-0.05, 0) is 45.0 Å². The van der Waals surface area contributed by atoms with Gasteiger partial charge in [-0.25, -0.2) is 9.78 Å². The van der Waals surface area contributed by atoms with Gasteiger partial charge in [0.2, 0.25) is 4.77 Å². The summed E-state index contributed by atoms with van der Waals surface area (Å²) in [4.78, 5) is 11.5. The van der Waals surface area contributed by atoms with Crippen molar-refractivity contribution < 1.29 is 9.53 Å². The fourth-order valence-corrected chi connectivity index (χ4v) is 2.26. The van der Waals surface area contributed by atoms with Crippen LogP contribution in [0.3, 0.4) is 0 Å². The van der Waals surface area contributed by atoms with Crippen molar-refractivity contribution in [1.29, 1.82) is 0 Å². The Hall–Kier alpha value is -2.16. The van der Waals surface area contributed by atoms with Crippen LogP contribution in [-0.4, -0.2) is 37.2 Å². The van der Waals surface area contributed by atoms with Crippen LogP contribution in [0.25, 0.3) is 5.95 Å². The van der Waals surface area contributed by atoms with Crippen LogP contribution in [0.15, 0.2) is 0 Å². The van der Waals surface area contributed by atoms with E-state index in [0.29, 0.717) is 30.2 Å². The van der Waals surface area contributed by atoms with Crippen molar-refractivity contribution in [1.82, 2.24) is 24.7 Å². The molecule has 0 fully saturated rings. The Kier molecular flexibility index (Phi) is 4.41. The van der Waals surface area contributed by atoms with Crippen LogP contribution in [-0.2, 0) is 16.0 Å². The van der Waals surface area contributed by atoms with E-state index in [1.54, 1.807) is 11.6 Å². The molecule has 2 rings (SSSR count). The van der Waals surface area contributed by atoms with E-state index in [1.165, 1.54) is 4.68 Å². The molecule has 0 radical (unpaired) electrons. The Morgan fingerprint density at radius 2 is 2.19 bits per heavy atom. The maximum absolute atomic E-state index is 11.5. The van der Waals surface area contributed by atoms with E-state index in [4.69, 9.17) is 22.8 Å². The van der Waals surface area contributed by atoms with Crippen molar-refractivity contribution in [3.8, 4) is 5.95 Å². The summed E-state index contributed by atoms with van der Waals surface area (Å²) in [6, 6.07) is 0. The first-order valence-corrected chi connectivity index (χ1v) is 7.00. The molecule has 0 spiro atoms. The highest BCUT2D eigenvalue weighted by Gasteiger charge is 2.17. The number of carbonyl (C=O) groups excluding carboxylic acids is 1. The largest absolute Gasteiger partial charge is 0.466 e. The number of esters is 1. The summed E-state index contributed by atoms with van der Waals surface area (Å²) >= 11 is 4.99. The number of hydrogen-bond acceptors (Lipinski definition) is 6. The Morgan fingerprint density at radius 1 is 1.48 bits per heavy atom. The molecular formula is C12H18N6O2S. The molecule has 9 heteroatoms. The summed E-state index contributed by atoms with van der Waals surface area (Å²) in [5, 5.41) is 11.1. The van der Waals surface area contributed by atoms with Gasteiger partial charge in [0, 0.05) is 12.1 Å². The minimum absolute atomic E-state index is 0.217. The number of aromatic amines is 1. The Morgan fingerprint density at radius 3 is 2.76 bits per heavy atom. The fourth-order valence-electron chi connectivity index (χ4n) is 2.14. The van der Waals surface area contributed by atoms with Gasteiger partial charge in [-0.1, -0.05) is 0 Å². The van der Waals surface area contributed by atoms with Crippen molar-refractivity contribution in [3.05, 3.63) is 21.7 Å². The minimum atomic E-state index is -0.217. The number of aryl methyl sites for hydroxylation is 1. The monoisotopic (exact) mass is 310 g/mol. The van der Waals surface area contributed by atoms with Crippen LogP contribution in [0.2, 0.25) is 0 Å². The van der Waals surface area contributed by atoms with Crippen molar-refractivity contribution in [3.63, 3.8) is 0 Å². The summed E-state index contributed by atoms with van der Waals surface area (Å²) < 4.78 is 8.11. The maximum atomic E-state index is 11.5. The van der Waals surface area contributed by atoms with Crippen LogP contribution in [0.1, 0.15) is 30.3 Å². The maximum Gasteiger partial charge on any atom is 0.306 e. The molecule has 0 aliphatic carbocycles. The lowest BCUT2D eigenvalue weighted by molar-refractivity contribution is -0.143. The van der Waals surface area contributed by atoms with Crippen molar-refractivity contribution in [2.45, 2.75) is 33.6 Å². The third kappa shape index (κ3) is 2.97. The molecule has 0 atom stereocenters. The van der Waals surface area contributed by atoms with E-state index in [2.05, 4.69) is 15.3 Å². The lowest BCUT2D eigenvalue weighted by atomic mass is 10.1. The van der Waals surface area contributed by atoms with Gasteiger partial charge in [0.1, 0.15) is 0 Å². The molecular weight excluding hydrogens is 292 g/mol. The third-order valence-electron chi connectivity index (χ3n) is 3.20. The van der Waals surface area contributed by atoms with Gasteiger partial charge >= 0.3 is 5.97 Å². The Bertz CT molecular complexity index is 714. The average molecular weight is 310 g/mol. The van der Waals surface area contributed by atoms with Crippen LogP contribution < -0.4 is 5.84 Å². The lowest BCUT2D eigenvalue weighted by Crippen LogP contribution is -2.16. The van der Waals surface area contributed by atoms with Crippen molar-refractivity contribution in [2.75, 3.05) is 12.4 Å². The number of hydrogen-bond donors (Lipinski definition) is 2. The number of aromatic nitrogens is 5. The zero-order valence-electron chi connectivity index (χ0n) is 12.2. The first kappa shape index (κ1) is 15.2. The van der Waals surface area contributed by atoms with Gasteiger partial charge in [-0.15, -0.1) is 5.10 Å². The summed E-state index contributed by atoms with van der Waals surface area (Å²) in [5.41, 5.74) is 2.68. The van der Waals surface area contributed by atoms with Gasteiger partial charge in [0.25, 0.3) is 5.95 Å². The smallest absolute Gasteiger partial charge is 0.306 e. The highest BCUT2D eigenvalue weighted by Crippen LogP contribution is 2.18. The molecule has 8 nitrogen and oxygen atoms in total. The van der Waals surface area contributed by atoms with Gasteiger partial charge in [0.15, 0.2) is 0 Å². The van der Waals surface area contributed by atoms with Gasteiger partial charge in [-0.2, -0.15) is 9.77 Å². The Balaban J connectivity index is 2.28. The Labute approximate surface area is 126 Å². The minimum Gasteiger partial charge on any atom is -0.466 e. The van der Waals surface area contributed by atoms with Gasteiger partial charge < -0.3 is 10.6 Å². The zero-order chi connectivity index (χ0) is 15.6. The molecule has 0 bridgehead atoms. The highest BCUT2D eigenvalue weighted by atomic mass is 32.1. The normalized spacial score (nSPS) is 10.8. The molecule has 2 heterocycles. The molecule has 114 valence electrons. The number of nitrogens with zero attached hydrogens (tertiary/aromatic N) is 4. The van der Waals surface area contributed by atoms with Crippen LogP contribution in [0.5, 0.6) is 0 Å². The quantitative estimate of drug-likeness (QED) is 0.484. The third-order valence-corrected chi connectivity index (χ3v) is 3.49. The first-order chi connectivity index (χ1) is 9.95. The fraction of sp³-hybridized carbons (Fsp3) is 0.500. The van der Waals surface area contributed by atoms with E-state index in [1.807, 2.05) is 13.8 Å². The van der Waals surface area contributed by atoms with Gasteiger partial charge in [-0.3, -0.25) is 4.79 Å². The highest BCUT2D eigenvalue weighted by molar-refractivity contribution is 7.71. The summed E-state index contributed by atoms with van der Waals surface area (Å²) in [5.74, 6) is 6.00. The molecule has 0 saturated heterocycles. The number of nitrogens with one attached hydrogen (secondary N) is 1. The molecule has 2 aromatic rings. The van der Waals surface area contributed by atoms with E-state index >= 15 is 0 Å². The average Bonchev–Trinajstić information content (AvgIpc) is 2.90. The summed E-state index contributed by atoms with van der Waals surface area (Å²) in [7, 11) is 0. The number of rotatable bonds is 5. The van der Waals surface area contributed by atoms with Crippen molar-refractivity contribution in [2.24, 2.45) is 0 Å². The van der Waals surface area contributed by atoms with E-state index in [0.717, 1.165) is 17.0 Å². The van der Waals surface area contributed by atoms with E-state index < -0.39 is 0 Å². The molecule has 21 heavy (non-hydrogen) atoms.